The molecule has 0 spiro atoms. The molecule has 1 heterocycles. The zero-order valence-electron chi connectivity index (χ0n) is 9.52. The molecule has 0 N–H and O–H groups in total. The summed E-state index contributed by atoms with van der Waals surface area (Å²) in [6.07, 6.45) is -2.24. The fourth-order valence-corrected chi connectivity index (χ4v) is 2.24. The molecular weight excluding hydrogens is 219 g/mol. The molecule has 0 aromatic heterocycles. The lowest BCUT2D eigenvalue weighted by Gasteiger charge is -2.23. The van der Waals surface area contributed by atoms with Crippen molar-refractivity contribution in [1.82, 2.24) is 4.90 Å². The molecule has 94 valence electrons. The molecule has 1 saturated heterocycles. The van der Waals surface area contributed by atoms with E-state index in [-0.39, 0.29) is 18.2 Å². The first-order valence-electron chi connectivity index (χ1n) is 5.69. The van der Waals surface area contributed by atoms with Gasteiger partial charge in [-0.15, -0.1) is 0 Å². The first-order valence-corrected chi connectivity index (χ1v) is 5.69. The SMILES string of the molecule is CC(=O)CC1CCCN1CCCC(F)(F)F. The van der Waals surface area contributed by atoms with Crippen LogP contribution in [0, 0.1) is 0 Å². The average Bonchev–Trinajstić information content (AvgIpc) is 2.49. The highest BCUT2D eigenvalue weighted by Gasteiger charge is 2.29. The van der Waals surface area contributed by atoms with Gasteiger partial charge >= 0.3 is 6.18 Å². The van der Waals surface area contributed by atoms with Gasteiger partial charge in [-0.05, 0) is 39.3 Å². The second-order valence-electron chi connectivity index (χ2n) is 4.46. The van der Waals surface area contributed by atoms with Gasteiger partial charge < -0.3 is 0 Å². The minimum atomic E-state index is -4.06. The number of carbonyl (C=O) groups excluding carboxylic acids is 1. The predicted molar refractivity (Wildman–Crippen MR) is 55.2 cm³/mol. The Labute approximate surface area is 93.8 Å². The number of Topliss-reactive ketones (excluding diaryl/α,β-unsaturated/α-hetero) is 1. The highest BCUT2D eigenvalue weighted by molar-refractivity contribution is 5.76. The molecule has 0 saturated carbocycles. The molecule has 2 nitrogen and oxygen atoms in total. The maximum atomic E-state index is 12.0. The van der Waals surface area contributed by atoms with Gasteiger partial charge in [-0.1, -0.05) is 0 Å². The van der Waals surface area contributed by atoms with E-state index in [0.29, 0.717) is 13.0 Å². The fraction of sp³-hybridized carbons (Fsp3) is 0.909. The quantitative estimate of drug-likeness (QED) is 0.732. The highest BCUT2D eigenvalue weighted by Crippen LogP contribution is 2.24. The van der Waals surface area contributed by atoms with Gasteiger partial charge in [0, 0.05) is 18.9 Å². The number of alkyl halides is 3. The molecular formula is C11H18F3NO. The van der Waals surface area contributed by atoms with Crippen molar-refractivity contribution in [2.75, 3.05) is 13.1 Å². The van der Waals surface area contributed by atoms with Gasteiger partial charge in [0.2, 0.25) is 0 Å². The topological polar surface area (TPSA) is 20.3 Å². The molecule has 1 fully saturated rings. The molecule has 1 rings (SSSR count). The van der Waals surface area contributed by atoms with E-state index in [1.807, 2.05) is 4.90 Å². The van der Waals surface area contributed by atoms with Crippen molar-refractivity contribution in [2.24, 2.45) is 0 Å². The Morgan fingerprint density at radius 3 is 2.69 bits per heavy atom. The van der Waals surface area contributed by atoms with Gasteiger partial charge in [0.1, 0.15) is 5.78 Å². The van der Waals surface area contributed by atoms with Crippen molar-refractivity contribution in [3.8, 4) is 0 Å². The summed E-state index contributed by atoms with van der Waals surface area (Å²) in [6.45, 7) is 2.82. The third-order valence-corrected chi connectivity index (χ3v) is 2.93. The fourth-order valence-electron chi connectivity index (χ4n) is 2.24. The molecule has 0 bridgehead atoms. The van der Waals surface area contributed by atoms with E-state index in [4.69, 9.17) is 0 Å². The third-order valence-electron chi connectivity index (χ3n) is 2.93. The van der Waals surface area contributed by atoms with Crippen LogP contribution in [-0.4, -0.2) is 36.0 Å². The molecule has 1 aliphatic rings. The van der Waals surface area contributed by atoms with Crippen LogP contribution in [0.1, 0.15) is 39.0 Å². The van der Waals surface area contributed by atoms with E-state index in [9.17, 15) is 18.0 Å². The van der Waals surface area contributed by atoms with Crippen LogP contribution in [0.15, 0.2) is 0 Å². The van der Waals surface area contributed by atoms with Crippen LogP contribution in [0.5, 0.6) is 0 Å². The number of likely N-dealkylation sites (tertiary alicyclic amines) is 1. The lowest BCUT2D eigenvalue weighted by Crippen LogP contribution is -2.32. The number of hydrogen-bond donors (Lipinski definition) is 0. The maximum absolute atomic E-state index is 12.0. The Bertz CT molecular complexity index is 240. The molecule has 1 atom stereocenters. The van der Waals surface area contributed by atoms with E-state index < -0.39 is 12.6 Å². The van der Waals surface area contributed by atoms with Crippen LogP contribution in [-0.2, 0) is 4.79 Å². The Morgan fingerprint density at radius 2 is 2.12 bits per heavy atom. The minimum absolute atomic E-state index is 0.118. The van der Waals surface area contributed by atoms with Gasteiger partial charge in [-0.25, -0.2) is 0 Å². The molecule has 5 heteroatoms. The van der Waals surface area contributed by atoms with E-state index in [0.717, 1.165) is 19.4 Å². The predicted octanol–water partition coefficient (Wildman–Crippen LogP) is 2.77. The summed E-state index contributed by atoms with van der Waals surface area (Å²) in [4.78, 5) is 13.0. The molecule has 0 aromatic rings. The van der Waals surface area contributed by atoms with E-state index in [1.165, 1.54) is 6.92 Å². The van der Waals surface area contributed by atoms with Crippen molar-refractivity contribution in [3.05, 3.63) is 0 Å². The van der Waals surface area contributed by atoms with Crippen LogP contribution in [0.2, 0.25) is 0 Å². The van der Waals surface area contributed by atoms with E-state index in [1.54, 1.807) is 0 Å². The van der Waals surface area contributed by atoms with Crippen molar-refractivity contribution in [2.45, 2.75) is 51.2 Å². The van der Waals surface area contributed by atoms with Crippen molar-refractivity contribution < 1.29 is 18.0 Å². The molecule has 1 unspecified atom stereocenters. The van der Waals surface area contributed by atoms with Crippen molar-refractivity contribution in [3.63, 3.8) is 0 Å². The summed E-state index contributed by atoms with van der Waals surface area (Å²) in [7, 11) is 0. The molecule has 0 amide bonds. The Kier molecular flexibility index (Phi) is 4.77. The summed E-state index contributed by atoms with van der Waals surface area (Å²) in [5, 5.41) is 0. The molecule has 0 radical (unpaired) electrons. The van der Waals surface area contributed by atoms with Crippen LogP contribution < -0.4 is 0 Å². The number of carbonyl (C=O) groups is 1. The largest absolute Gasteiger partial charge is 0.389 e. The zero-order chi connectivity index (χ0) is 12.2. The Hall–Kier alpha value is -0.580. The third kappa shape index (κ3) is 4.96. The molecule has 0 aromatic carbocycles. The number of rotatable bonds is 5. The normalized spacial score (nSPS) is 22.6. The van der Waals surface area contributed by atoms with Crippen LogP contribution >= 0.6 is 0 Å². The first kappa shape index (κ1) is 13.5. The van der Waals surface area contributed by atoms with Gasteiger partial charge in [-0.3, -0.25) is 9.69 Å². The van der Waals surface area contributed by atoms with Gasteiger partial charge in [0.15, 0.2) is 0 Å². The zero-order valence-corrected chi connectivity index (χ0v) is 9.52. The molecule has 0 aliphatic carbocycles. The lowest BCUT2D eigenvalue weighted by atomic mass is 10.1. The maximum Gasteiger partial charge on any atom is 0.389 e. The van der Waals surface area contributed by atoms with E-state index in [2.05, 4.69) is 0 Å². The monoisotopic (exact) mass is 237 g/mol. The van der Waals surface area contributed by atoms with Crippen LogP contribution in [0.25, 0.3) is 0 Å². The second kappa shape index (κ2) is 5.66. The smallest absolute Gasteiger partial charge is 0.300 e. The Morgan fingerprint density at radius 1 is 1.44 bits per heavy atom. The second-order valence-corrected chi connectivity index (χ2v) is 4.46. The summed E-state index contributed by atoms with van der Waals surface area (Å²) in [5.41, 5.74) is 0. The number of halogens is 3. The number of nitrogens with zero attached hydrogens (tertiary/aromatic N) is 1. The average molecular weight is 237 g/mol. The summed E-state index contributed by atoms with van der Waals surface area (Å²) < 4.78 is 35.9. The molecule has 1 aliphatic heterocycles. The summed E-state index contributed by atoms with van der Waals surface area (Å²) in [6, 6.07) is 0.172. The van der Waals surface area contributed by atoms with Crippen molar-refractivity contribution >= 4 is 5.78 Å². The van der Waals surface area contributed by atoms with Crippen LogP contribution in [0.3, 0.4) is 0 Å². The number of hydrogen-bond acceptors (Lipinski definition) is 2. The first-order chi connectivity index (χ1) is 7.38. The summed E-state index contributed by atoms with van der Waals surface area (Å²) >= 11 is 0. The van der Waals surface area contributed by atoms with Gasteiger partial charge in [0.05, 0.1) is 0 Å². The lowest BCUT2D eigenvalue weighted by molar-refractivity contribution is -0.136. The van der Waals surface area contributed by atoms with Gasteiger partial charge in [-0.2, -0.15) is 13.2 Å². The van der Waals surface area contributed by atoms with Crippen LogP contribution in [0.4, 0.5) is 13.2 Å². The van der Waals surface area contributed by atoms with E-state index >= 15 is 0 Å². The molecule has 16 heavy (non-hydrogen) atoms. The summed E-state index contributed by atoms with van der Waals surface area (Å²) in [5.74, 6) is 0.118. The standard InChI is InChI=1S/C11H18F3NO/c1-9(16)8-10-4-2-6-15(10)7-3-5-11(12,13)14/h10H,2-8H2,1H3. The number of ketones is 1. The van der Waals surface area contributed by atoms with Crippen molar-refractivity contribution in [1.29, 1.82) is 0 Å². The Balaban J connectivity index is 2.27. The highest BCUT2D eigenvalue weighted by atomic mass is 19.4. The minimum Gasteiger partial charge on any atom is -0.300 e. The van der Waals surface area contributed by atoms with Gasteiger partial charge in [0.25, 0.3) is 0 Å².